The molecule has 0 atom stereocenters. The third kappa shape index (κ3) is 2.49. The average molecular weight is 213 g/mol. The minimum absolute atomic E-state index is 0. The van der Waals surface area contributed by atoms with Crippen molar-refractivity contribution in [3.05, 3.63) is 0 Å². The van der Waals surface area contributed by atoms with Crippen molar-refractivity contribution in [3.63, 3.8) is 0 Å². The standard InChI is InChI=1S/C8H16N2.2ClH/c1-2-8(3-1)4-5-9-6-7-10-8;;/h9-10H,1-7H2;2*1H. The number of rotatable bonds is 0. The fourth-order valence-electron chi connectivity index (χ4n) is 1.99. The van der Waals surface area contributed by atoms with Gasteiger partial charge in [-0.1, -0.05) is 0 Å². The summed E-state index contributed by atoms with van der Waals surface area (Å²) in [6, 6.07) is 0. The predicted octanol–water partition coefficient (Wildman–Crippen LogP) is 1.34. The highest BCUT2D eigenvalue weighted by Gasteiger charge is 2.36. The zero-order valence-corrected chi connectivity index (χ0v) is 8.90. The fourth-order valence-corrected chi connectivity index (χ4v) is 1.99. The number of hydrogen-bond donors (Lipinski definition) is 2. The van der Waals surface area contributed by atoms with Crippen LogP contribution in [-0.2, 0) is 0 Å². The van der Waals surface area contributed by atoms with Crippen molar-refractivity contribution in [3.8, 4) is 0 Å². The van der Waals surface area contributed by atoms with Crippen LogP contribution in [-0.4, -0.2) is 25.2 Å². The molecule has 1 saturated carbocycles. The van der Waals surface area contributed by atoms with Gasteiger partial charge in [0.2, 0.25) is 0 Å². The zero-order chi connectivity index (χ0) is 6.86. The normalized spacial score (nSPS) is 26.0. The summed E-state index contributed by atoms with van der Waals surface area (Å²) in [6.45, 7) is 3.54. The van der Waals surface area contributed by atoms with Crippen LogP contribution >= 0.6 is 24.8 Å². The van der Waals surface area contributed by atoms with E-state index in [1.807, 2.05) is 0 Å². The van der Waals surface area contributed by atoms with Crippen molar-refractivity contribution in [2.45, 2.75) is 31.2 Å². The van der Waals surface area contributed by atoms with Crippen LogP contribution in [0.4, 0.5) is 0 Å². The number of nitrogens with one attached hydrogen (secondary N) is 2. The second kappa shape index (κ2) is 5.28. The summed E-state index contributed by atoms with van der Waals surface area (Å²) in [5, 5.41) is 7.04. The molecular weight excluding hydrogens is 195 g/mol. The fraction of sp³-hybridized carbons (Fsp3) is 1.00. The van der Waals surface area contributed by atoms with E-state index in [1.165, 1.54) is 38.8 Å². The smallest absolute Gasteiger partial charge is 0.0194 e. The summed E-state index contributed by atoms with van der Waals surface area (Å²) in [6.07, 6.45) is 5.60. The summed E-state index contributed by atoms with van der Waals surface area (Å²) in [5.74, 6) is 0. The zero-order valence-electron chi connectivity index (χ0n) is 7.27. The maximum absolute atomic E-state index is 3.63. The molecule has 0 radical (unpaired) electrons. The molecule has 1 saturated heterocycles. The summed E-state index contributed by atoms with van der Waals surface area (Å²) < 4.78 is 0. The molecule has 2 fully saturated rings. The Morgan fingerprint density at radius 3 is 2.17 bits per heavy atom. The Bertz CT molecular complexity index is 116. The lowest BCUT2D eigenvalue weighted by Gasteiger charge is -2.41. The van der Waals surface area contributed by atoms with Gasteiger partial charge in [-0.3, -0.25) is 0 Å². The second-order valence-electron chi connectivity index (χ2n) is 3.56. The molecule has 0 bridgehead atoms. The molecule has 0 unspecified atom stereocenters. The van der Waals surface area contributed by atoms with Gasteiger partial charge in [0.1, 0.15) is 0 Å². The van der Waals surface area contributed by atoms with Gasteiger partial charge >= 0.3 is 0 Å². The van der Waals surface area contributed by atoms with Crippen LogP contribution in [0.3, 0.4) is 0 Å². The number of halogens is 2. The highest BCUT2D eigenvalue weighted by molar-refractivity contribution is 5.85. The molecule has 0 aromatic heterocycles. The van der Waals surface area contributed by atoms with Crippen molar-refractivity contribution in [2.75, 3.05) is 19.6 Å². The first-order valence-corrected chi connectivity index (χ1v) is 4.37. The van der Waals surface area contributed by atoms with E-state index in [2.05, 4.69) is 10.6 Å². The van der Waals surface area contributed by atoms with Gasteiger partial charge in [-0.2, -0.15) is 0 Å². The molecule has 12 heavy (non-hydrogen) atoms. The van der Waals surface area contributed by atoms with E-state index in [4.69, 9.17) is 0 Å². The van der Waals surface area contributed by atoms with Gasteiger partial charge in [-0.05, 0) is 32.2 Å². The minimum Gasteiger partial charge on any atom is -0.315 e. The molecule has 2 N–H and O–H groups in total. The Hall–Kier alpha value is 0.500. The monoisotopic (exact) mass is 212 g/mol. The molecule has 0 amide bonds. The third-order valence-electron chi connectivity index (χ3n) is 2.89. The van der Waals surface area contributed by atoms with Crippen LogP contribution in [0, 0.1) is 0 Å². The first kappa shape index (κ1) is 12.5. The quantitative estimate of drug-likeness (QED) is 0.634. The van der Waals surface area contributed by atoms with Gasteiger partial charge in [-0.15, -0.1) is 24.8 Å². The van der Waals surface area contributed by atoms with Crippen LogP contribution < -0.4 is 10.6 Å². The Morgan fingerprint density at radius 1 is 0.833 bits per heavy atom. The number of hydrogen-bond acceptors (Lipinski definition) is 2. The second-order valence-corrected chi connectivity index (χ2v) is 3.56. The van der Waals surface area contributed by atoms with E-state index in [0.717, 1.165) is 6.54 Å². The van der Waals surface area contributed by atoms with E-state index in [-0.39, 0.29) is 24.8 Å². The molecule has 4 heteroatoms. The minimum atomic E-state index is 0. The Morgan fingerprint density at radius 2 is 1.58 bits per heavy atom. The van der Waals surface area contributed by atoms with Crippen molar-refractivity contribution in [1.82, 2.24) is 10.6 Å². The van der Waals surface area contributed by atoms with Gasteiger partial charge in [0.15, 0.2) is 0 Å². The van der Waals surface area contributed by atoms with Crippen molar-refractivity contribution in [2.24, 2.45) is 0 Å². The molecule has 1 aliphatic heterocycles. The first-order valence-electron chi connectivity index (χ1n) is 4.37. The van der Waals surface area contributed by atoms with Gasteiger partial charge in [0.05, 0.1) is 0 Å². The molecule has 2 rings (SSSR count). The van der Waals surface area contributed by atoms with Crippen molar-refractivity contribution >= 4 is 24.8 Å². The molecule has 2 nitrogen and oxygen atoms in total. The lowest BCUT2D eigenvalue weighted by Crippen LogP contribution is -2.50. The summed E-state index contributed by atoms with van der Waals surface area (Å²) >= 11 is 0. The van der Waals surface area contributed by atoms with Gasteiger partial charge < -0.3 is 10.6 Å². The van der Waals surface area contributed by atoms with Crippen LogP contribution in [0.5, 0.6) is 0 Å². The van der Waals surface area contributed by atoms with Gasteiger partial charge in [0, 0.05) is 18.6 Å². The van der Waals surface area contributed by atoms with Gasteiger partial charge in [0.25, 0.3) is 0 Å². The van der Waals surface area contributed by atoms with E-state index in [9.17, 15) is 0 Å². The van der Waals surface area contributed by atoms with E-state index in [1.54, 1.807) is 0 Å². The lowest BCUT2D eigenvalue weighted by molar-refractivity contribution is 0.184. The SMILES string of the molecule is C1CC2(C1)CCNCCN2.Cl.Cl. The largest absolute Gasteiger partial charge is 0.315 e. The molecule has 2 aliphatic rings. The summed E-state index contributed by atoms with van der Waals surface area (Å²) in [5.41, 5.74) is 0.573. The maximum Gasteiger partial charge on any atom is 0.0194 e. The molecule has 1 spiro atoms. The topological polar surface area (TPSA) is 24.1 Å². The lowest BCUT2D eigenvalue weighted by atomic mass is 9.74. The Balaban J connectivity index is 0.000000605. The average Bonchev–Trinajstić information content (AvgIpc) is 2.08. The van der Waals surface area contributed by atoms with E-state index < -0.39 is 0 Å². The molecule has 0 aromatic rings. The van der Waals surface area contributed by atoms with Crippen LogP contribution in [0.15, 0.2) is 0 Å². The molecule has 1 heterocycles. The Kier molecular flexibility index (Phi) is 5.50. The molecule has 74 valence electrons. The molecule has 1 aliphatic carbocycles. The predicted molar refractivity (Wildman–Crippen MR) is 56.6 cm³/mol. The Labute approximate surface area is 86.7 Å². The third-order valence-corrected chi connectivity index (χ3v) is 2.89. The maximum atomic E-state index is 3.63. The highest BCUT2D eigenvalue weighted by atomic mass is 35.5. The highest BCUT2D eigenvalue weighted by Crippen LogP contribution is 2.34. The van der Waals surface area contributed by atoms with E-state index >= 15 is 0 Å². The van der Waals surface area contributed by atoms with Crippen LogP contribution in [0.25, 0.3) is 0 Å². The van der Waals surface area contributed by atoms with Crippen molar-refractivity contribution in [1.29, 1.82) is 0 Å². The van der Waals surface area contributed by atoms with E-state index in [0.29, 0.717) is 5.54 Å². The summed E-state index contributed by atoms with van der Waals surface area (Å²) in [7, 11) is 0. The molecular formula is C8H18Cl2N2. The molecule has 0 aromatic carbocycles. The van der Waals surface area contributed by atoms with Gasteiger partial charge in [-0.25, -0.2) is 0 Å². The van der Waals surface area contributed by atoms with Crippen molar-refractivity contribution < 1.29 is 0 Å². The first-order chi connectivity index (χ1) is 4.91. The summed E-state index contributed by atoms with van der Waals surface area (Å²) in [4.78, 5) is 0. The van der Waals surface area contributed by atoms with Crippen LogP contribution in [0.1, 0.15) is 25.7 Å². The van der Waals surface area contributed by atoms with Crippen LogP contribution in [0.2, 0.25) is 0 Å².